The Hall–Kier alpha value is -2.57. The predicted molar refractivity (Wildman–Crippen MR) is 98.3 cm³/mol. The zero-order valence-electron chi connectivity index (χ0n) is 12.6. The van der Waals surface area contributed by atoms with Gasteiger partial charge in [-0.2, -0.15) is 0 Å². The molecule has 4 nitrogen and oxygen atoms in total. The minimum Gasteiger partial charge on any atom is -0.348 e. The molecule has 0 atom stereocenters. The van der Waals surface area contributed by atoms with Gasteiger partial charge < -0.3 is 5.32 Å². The monoisotopic (exact) mass is 351 g/mol. The van der Waals surface area contributed by atoms with E-state index in [4.69, 9.17) is 0 Å². The number of fused-ring (bicyclic) bond motifs is 1. The van der Waals surface area contributed by atoms with Crippen LogP contribution in [-0.4, -0.2) is 15.9 Å². The number of nitrogens with zero attached hydrogens (tertiary/aromatic N) is 2. The molecule has 0 saturated carbocycles. The number of carbonyl (C=O) groups is 1. The van der Waals surface area contributed by atoms with E-state index in [1.54, 1.807) is 29.1 Å². The molecule has 0 aliphatic carbocycles. The summed E-state index contributed by atoms with van der Waals surface area (Å²) >= 11 is 3.19. The number of hydrogen-bond donors (Lipinski definition) is 1. The van der Waals surface area contributed by atoms with Crippen LogP contribution in [0.3, 0.4) is 0 Å². The van der Waals surface area contributed by atoms with Crippen molar-refractivity contribution in [2.75, 3.05) is 0 Å². The topological polar surface area (TPSA) is 54.9 Å². The molecule has 0 saturated heterocycles. The second-order valence-electron chi connectivity index (χ2n) is 5.24. The van der Waals surface area contributed by atoms with Gasteiger partial charge in [-0.3, -0.25) is 9.78 Å². The highest BCUT2D eigenvalue weighted by Crippen LogP contribution is 2.23. The number of aromatic nitrogens is 2. The third-order valence-electron chi connectivity index (χ3n) is 3.64. The smallest absolute Gasteiger partial charge is 0.251 e. The van der Waals surface area contributed by atoms with Gasteiger partial charge in [0.1, 0.15) is 0 Å². The van der Waals surface area contributed by atoms with Gasteiger partial charge in [-0.05, 0) is 47.3 Å². The summed E-state index contributed by atoms with van der Waals surface area (Å²) in [4.78, 5) is 22.1. The van der Waals surface area contributed by atoms with Crippen LogP contribution in [0.25, 0.3) is 20.8 Å². The molecule has 1 aromatic carbocycles. The van der Waals surface area contributed by atoms with Gasteiger partial charge in [-0.1, -0.05) is 6.07 Å². The number of benzene rings is 1. The largest absolute Gasteiger partial charge is 0.348 e. The number of amides is 1. The van der Waals surface area contributed by atoms with E-state index in [9.17, 15) is 4.79 Å². The summed E-state index contributed by atoms with van der Waals surface area (Å²) in [6, 6.07) is 13.5. The molecule has 0 radical (unpaired) electrons. The fraction of sp³-hybridized carbons (Fsp3) is 0.0556. The summed E-state index contributed by atoms with van der Waals surface area (Å²) in [5.41, 5.74) is 5.32. The number of hydrogen-bond acceptors (Lipinski definition) is 5. The molecular weight excluding hydrogens is 338 g/mol. The summed E-state index contributed by atoms with van der Waals surface area (Å²) in [6.45, 7) is 0.473. The zero-order chi connectivity index (χ0) is 16.4. The van der Waals surface area contributed by atoms with Crippen LogP contribution >= 0.6 is 22.7 Å². The van der Waals surface area contributed by atoms with E-state index < -0.39 is 0 Å². The van der Waals surface area contributed by atoms with Crippen LogP contribution in [0, 0.1) is 0 Å². The van der Waals surface area contributed by atoms with Gasteiger partial charge in [0.2, 0.25) is 0 Å². The lowest BCUT2D eigenvalue weighted by atomic mass is 10.2. The number of pyridine rings is 1. The molecule has 3 heterocycles. The third kappa shape index (κ3) is 3.06. The summed E-state index contributed by atoms with van der Waals surface area (Å²) in [6.07, 6.45) is 1.78. The Kier molecular flexibility index (Phi) is 4.06. The maximum Gasteiger partial charge on any atom is 0.251 e. The fourth-order valence-corrected chi connectivity index (χ4v) is 3.83. The van der Waals surface area contributed by atoms with Crippen molar-refractivity contribution in [3.63, 3.8) is 0 Å². The van der Waals surface area contributed by atoms with Gasteiger partial charge in [0.25, 0.3) is 5.91 Å². The van der Waals surface area contributed by atoms with Gasteiger partial charge in [0.15, 0.2) is 0 Å². The minimum absolute atomic E-state index is 0.0835. The van der Waals surface area contributed by atoms with Crippen LogP contribution in [0.2, 0.25) is 0 Å². The second-order valence-corrected chi connectivity index (χ2v) is 7.08. The van der Waals surface area contributed by atoms with Crippen molar-refractivity contribution in [3.8, 4) is 10.6 Å². The molecule has 0 unspecified atom stereocenters. The lowest BCUT2D eigenvalue weighted by molar-refractivity contribution is 0.0951. The summed E-state index contributed by atoms with van der Waals surface area (Å²) in [7, 11) is 0. The number of rotatable bonds is 4. The zero-order valence-corrected chi connectivity index (χ0v) is 14.2. The van der Waals surface area contributed by atoms with Crippen LogP contribution in [0.5, 0.6) is 0 Å². The molecule has 1 N–H and O–H groups in total. The van der Waals surface area contributed by atoms with Crippen molar-refractivity contribution >= 4 is 38.8 Å². The Balaban J connectivity index is 1.48. The van der Waals surface area contributed by atoms with E-state index in [0.29, 0.717) is 12.1 Å². The molecule has 0 fully saturated rings. The number of thiophene rings is 1. The molecule has 0 aliphatic heterocycles. The average Bonchev–Trinajstić information content (AvgIpc) is 3.30. The van der Waals surface area contributed by atoms with Crippen molar-refractivity contribution in [1.29, 1.82) is 0 Å². The van der Waals surface area contributed by atoms with Gasteiger partial charge in [-0.25, -0.2) is 4.98 Å². The summed E-state index contributed by atoms with van der Waals surface area (Å²) in [5.74, 6) is -0.0835. The first-order valence-electron chi connectivity index (χ1n) is 7.40. The maximum absolute atomic E-state index is 12.4. The molecule has 24 heavy (non-hydrogen) atoms. The molecule has 118 valence electrons. The van der Waals surface area contributed by atoms with Crippen LogP contribution < -0.4 is 5.32 Å². The Morgan fingerprint density at radius 2 is 2.04 bits per heavy atom. The van der Waals surface area contributed by atoms with E-state index in [0.717, 1.165) is 26.4 Å². The quantitative estimate of drug-likeness (QED) is 0.595. The van der Waals surface area contributed by atoms with Crippen molar-refractivity contribution in [2.24, 2.45) is 0 Å². The van der Waals surface area contributed by atoms with E-state index in [-0.39, 0.29) is 5.91 Å². The van der Waals surface area contributed by atoms with Crippen molar-refractivity contribution < 1.29 is 4.79 Å². The molecule has 4 rings (SSSR count). The van der Waals surface area contributed by atoms with Crippen molar-refractivity contribution in [3.05, 3.63) is 70.7 Å². The average molecular weight is 351 g/mol. The first-order valence-corrected chi connectivity index (χ1v) is 9.16. The van der Waals surface area contributed by atoms with Gasteiger partial charge >= 0.3 is 0 Å². The van der Waals surface area contributed by atoms with Crippen molar-refractivity contribution in [2.45, 2.75) is 6.54 Å². The van der Waals surface area contributed by atoms with Crippen LogP contribution in [0.4, 0.5) is 0 Å². The molecule has 6 heteroatoms. The first kappa shape index (κ1) is 15.0. The van der Waals surface area contributed by atoms with Gasteiger partial charge in [0, 0.05) is 18.3 Å². The second kappa shape index (κ2) is 6.51. The Labute approximate surface area is 146 Å². The SMILES string of the molecule is O=C(NCc1ccnc(-c2cccs2)c1)c1ccc2ncsc2c1. The molecular formula is C18H13N3OS2. The molecule has 4 aromatic rings. The standard InChI is InChI=1S/C18H13N3OS2/c22-18(13-3-4-14-17(9-13)24-11-21-14)20-10-12-5-6-19-15(8-12)16-2-1-7-23-16/h1-9,11H,10H2,(H,20,22). The Bertz CT molecular complexity index is 992. The number of carbonyl (C=O) groups excluding carboxylic acids is 1. The van der Waals surface area contributed by atoms with E-state index in [1.165, 1.54) is 11.3 Å². The molecule has 0 aliphatic rings. The van der Waals surface area contributed by atoms with Crippen molar-refractivity contribution in [1.82, 2.24) is 15.3 Å². The van der Waals surface area contributed by atoms with E-state index in [2.05, 4.69) is 15.3 Å². The first-order chi connectivity index (χ1) is 11.8. The summed E-state index contributed by atoms with van der Waals surface area (Å²) in [5, 5.41) is 4.99. The maximum atomic E-state index is 12.4. The Morgan fingerprint density at radius 1 is 1.08 bits per heavy atom. The Morgan fingerprint density at radius 3 is 2.92 bits per heavy atom. The molecule has 1 amide bonds. The normalized spacial score (nSPS) is 10.8. The summed E-state index contributed by atoms with van der Waals surface area (Å²) < 4.78 is 1.02. The highest BCUT2D eigenvalue weighted by atomic mass is 32.1. The predicted octanol–water partition coefficient (Wildman–Crippen LogP) is 4.35. The van der Waals surface area contributed by atoms with Crippen LogP contribution in [0.1, 0.15) is 15.9 Å². The molecule has 0 bridgehead atoms. The molecule has 3 aromatic heterocycles. The van der Waals surface area contributed by atoms with Crippen LogP contribution in [0.15, 0.2) is 59.6 Å². The van der Waals surface area contributed by atoms with Crippen LogP contribution in [-0.2, 0) is 6.54 Å². The highest BCUT2D eigenvalue weighted by molar-refractivity contribution is 7.16. The lowest BCUT2D eigenvalue weighted by Gasteiger charge is -2.06. The third-order valence-corrected chi connectivity index (χ3v) is 5.33. The van der Waals surface area contributed by atoms with Gasteiger partial charge in [0.05, 0.1) is 26.3 Å². The lowest BCUT2D eigenvalue weighted by Crippen LogP contribution is -2.22. The molecule has 0 spiro atoms. The number of nitrogens with one attached hydrogen (secondary N) is 1. The number of thiazole rings is 1. The van der Waals surface area contributed by atoms with E-state index in [1.807, 2.05) is 41.8 Å². The van der Waals surface area contributed by atoms with Gasteiger partial charge in [-0.15, -0.1) is 22.7 Å². The minimum atomic E-state index is -0.0835. The highest BCUT2D eigenvalue weighted by Gasteiger charge is 2.08. The van der Waals surface area contributed by atoms with E-state index >= 15 is 0 Å². The fourth-order valence-electron chi connectivity index (χ4n) is 2.42.